The number of methoxy groups -OCH3 is 1. The van der Waals surface area contributed by atoms with Crippen LogP contribution in [-0.4, -0.2) is 20.2 Å². The zero-order valence-electron chi connectivity index (χ0n) is 11.0. The monoisotopic (exact) mass is 245 g/mol. The van der Waals surface area contributed by atoms with Crippen molar-refractivity contribution in [2.75, 3.05) is 20.2 Å². The number of hydrogen-bond donors (Lipinski definition) is 1. The summed E-state index contributed by atoms with van der Waals surface area (Å²) in [4.78, 5) is 0. The van der Waals surface area contributed by atoms with E-state index in [9.17, 15) is 0 Å². The molecule has 1 aromatic heterocycles. The first-order valence-electron chi connectivity index (χ1n) is 6.56. The Balaban J connectivity index is 2.06. The lowest BCUT2D eigenvalue weighted by atomic mass is 9.89. The Morgan fingerprint density at radius 2 is 2.00 bits per heavy atom. The third-order valence-corrected chi connectivity index (χ3v) is 3.76. The number of piperidine rings is 1. The molecule has 18 heavy (non-hydrogen) atoms. The van der Waals surface area contributed by atoms with Gasteiger partial charge in [0.15, 0.2) is 11.3 Å². The van der Waals surface area contributed by atoms with Crippen LogP contribution in [0.15, 0.2) is 22.6 Å². The zero-order valence-corrected chi connectivity index (χ0v) is 11.0. The van der Waals surface area contributed by atoms with Crippen molar-refractivity contribution in [3.63, 3.8) is 0 Å². The molecule has 3 heteroatoms. The van der Waals surface area contributed by atoms with Crippen molar-refractivity contribution in [2.24, 2.45) is 0 Å². The molecule has 1 aliphatic heterocycles. The van der Waals surface area contributed by atoms with Gasteiger partial charge in [0, 0.05) is 5.39 Å². The van der Waals surface area contributed by atoms with Crippen LogP contribution in [0.2, 0.25) is 0 Å². The summed E-state index contributed by atoms with van der Waals surface area (Å²) in [5, 5.41) is 4.56. The standard InChI is InChI=1S/C15H19NO2/c1-10-7-13-8-12(11-3-5-16-6-4-11)9-14(17-2)15(13)18-10/h7-9,11,16H,3-6H2,1-2H3. The first kappa shape index (κ1) is 11.6. The fraction of sp³-hybridized carbons (Fsp3) is 0.467. The first-order chi connectivity index (χ1) is 8.78. The summed E-state index contributed by atoms with van der Waals surface area (Å²) >= 11 is 0. The topological polar surface area (TPSA) is 34.4 Å². The quantitative estimate of drug-likeness (QED) is 0.882. The van der Waals surface area contributed by atoms with Crippen molar-refractivity contribution in [3.8, 4) is 5.75 Å². The van der Waals surface area contributed by atoms with E-state index in [1.54, 1.807) is 7.11 Å². The third kappa shape index (κ3) is 1.99. The number of rotatable bonds is 2. The highest BCUT2D eigenvalue weighted by Crippen LogP contribution is 2.35. The lowest BCUT2D eigenvalue weighted by Gasteiger charge is -2.23. The van der Waals surface area contributed by atoms with Crippen LogP contribution in [0.1, 0.15) is 30.1 Å². The van der Waals surface area contributed by atoms with Gasteiger partial charge in [-0.2, -0.15) is 0 Å². The van der Waals surface area contributed by atoms with E-state index in [0.717, 1.165) is 35.6 Å². The SMILES string of the molecule is COc1cc(C2CCNCC2)cc2cc(C)oc12. The molecule has 0 aliphatic carbocycles. The lowest BCUT2D eigenvalue weighted by Crippen LogP contribution is -2.26. The van der Waals surface area contributed by atoms with Crippen molar-refractivity contribution in [1.29, 1.82) is 0 Å². The first-order valence-corrected chi connectivity index (χ1v) is 6.56. The molecule has 1 aliphatic rings. The summed E-state index contributed by atoms with van der Waals surface area (Å²) in [7, 11) is 1.71. The lowest BCUT2D eigenvalue weighted by molar-refractivity contribution is 0.406. The van der Waals surface area contributed by atoms with Crippen molar-refractivity contribution in [2.45, 2.75) is 25.7 Å². The minimum Gasteiger partial charge on any atom is -0.493 e. The fourth-order valence-electron chi connectivity index (χ4n) is 2.81. The highest BCUT2D eigenvalue weighted by molar-refractivity contribution is 5.84. The molecule has 0 radical (unpaired) electrons. The largest absolute Gasteiger partial charge is 0.493 e. The molecule has 0 spiro atoms. The summed E-state index contributed by atoms with van der Waals surface area (Å²) in [5.41, 5.74) is 2.24. The van der Waals surface area contributed by atoms with Gasteiger partial charge >= 0.3 is 0 Å². The van der Waals surface area contributed by atoms with Gasteiger partial charge in [-0.25, -0.2) is 0 Å². The van der Waals surface area contributed by atoms with Gasteiger partial charge < -0.3 is 14.5 Å². The number of ether oxygens (including phenoxy) is 1. The molecule has 0 atom stereocenters. The Bertz CT molecular complexity index is 553. The second-order valence-electron chi connectivity index (χ2n) is 5.02. The number of hydrogen-bond acceptors (Lipinski definition) is 3. The molecular formula is C15H19NO2. The summed E-state index contributed by atoms with van der Waals surface area (Å²) in [5.74, 6) is 2.43. The van der Waals surface area contributed by atoms with Crippen LogP contribution in [0, 0.1) is 6.92 Å². The molecule has 1 aromatic carbocycles. The molecule has 2 heterocycles. The van der Waals surface area contributed by atoms with Gasteiger partial charge in [-0.15, -0.1) is 0 Å². The van der Waals surface area contributed by atoms with Crippen LogP contribution in [0.25, 0.3) is 11.0 Å². The maximum absolute atomic E-state index is 5.69. The van der Waals surface area contributed by atoms with Gasteiger partial charge in [-0.1, -0.05) is 0 Å². The molecule has 3 nitrogen and oxygen atoms in total. The van der Waals surface area contributed by atoms with Gasteiger partial charge in [0.25, 0.3) is 0 Å². The van der Waals surface area contributed by atoms with Crippen LogP contribution in [0.5, 0.6) is 5.75 Å². The Hall–Kier alpha value is -1.48. The highest BCUT2D eigenvalue weighted by Gasteiger charge is 2.18. The maximum atomic E-state index is 5.69. The van der Waals surface area contributed by atoms with E-state index in [1.807, 2.05) is 6.92 Å². The van der Waals surface area contributed by atoms with Crippen LogP contribution in [0.4, 0.5) is 0 Å². The molecule has 1 saturated heterocycles. The van der Waals surface area contributed by atoms with E-state index in [2.05, 4.69) is 23.5 Å². The second-order valence-corrected chi connectivity index (χ2v) is 5.02. The Labute approximate surface area is 107 Å². The van der Waals surface area contributed by atoms with Crippen LogP contribution in [-0.2, 0) is 0 Å². The average molecular weight is 245 g/mol. The highest BCUT2D eigenvalue weighted by atomic mass is 16.5. The average Bonchev–Trinajstić information content (AvgIpc) is 2.78. The van der Waals surface area contributed by atoms with Crippen molar-refractivity contribution in [3.05, 3.63) is 29.5 Å². The number of furan rings is 1. The second kappa shape index (κ2) is 4.65. The molecule has 3 rings (SSSR count). The summed E-state index contributed by atoms with van der Waals surface area (Å²) < 4.78 is 11.2. The molecular weight excluding hydrogens is 226 g/mol. The molecule has 1 N–H and O–H groups in total. The summed E-state index contributed by atoms with van der Waals surface area (Å²) in [6, 6.07) is 6.48. The molecule has 0 bridgehead atoms. The predicted molar refractivity (Wildman–Crippen MR) is 72.3 cm³/mol. The smallest absolute Gasteiger partial charge is 0.176 e. The Kier molecular flexibility index (Phi) is 3.00. The zero-order chi connectivity index (χ0) is 12.5. The summed E-state index contributed by atoms with van der Waals surface area (Å²) in [6.45, 7) is 4.19. The van der Waals surface area contributed by atoms with E-state index in [-0.39, 0.29) is 0 Å². The van der Waals surface area contributed by atoms with Gasteiger partial charge in [0.05, 0.1) is 7.11 Å². The molecule has 0 unspecified atom stereocenters. The van der Waals surface area contributed by atoms with Crippen LogP contribution < -0.4 is 10.1 Å². The molecule has 1 fully saturated rings. The van der Waals surface area contributed by atoms with E-state index >= 15 is 0 Å². The van der Waals surface area contributed by atoms with Gasteiger partial charge in [-0.05, 0) is 62.5 Å². The van der Waals surface area contributed by atoms with Crippen LogP contribution >= 0.6 is 0 Å². The minimum absolute atomic E-state index is 0.639. The third-order valence-electron chi connectivity index (χ3n) is 3.76. The summed E-state index contributed by atoms with van der Waals surface area (Å²) in [6.07, 6.45) is 2.40. The fourth-order valence-corrected chi connectivity index (χ4v) is 2.81. The van der Waals surface area contributed by atoms with E-state index in [4.69, 9.17) is 9.15 Å². The maximum Gasteiger partial charge on any atom is 0.176 e. The Morgan fingerprint density at radius 1 is 1.22 bits per heavy atom. The van der Waals surface area contributed by atoms with Crippen molar-refractivity contribution >= 4 is 11.0 Å². The number of benzene rings is 1. The van der Waals surface area contributed by atoms with Crippen molar-refractivity contribution < 1.29 is 9.15 Å². The van der Waals surface area contributed by atoms with E-state index in [0.29, 0.717) is 5.92 Å². The molecule has 2 aromatic rings. The van der Waals surface area contributed by atoms with Gasteiger partial charge in [-0.3, -0.25) is 0 Å². The van der Waals surface area contributed by atoms with Crippen molar-refractivity contribution in [1.82, 2.24) is 5.32 Å². The van der Waals surface area contributed by atoms with Crippen LogP contribution in [0.3, 0.4) is 0 Å². The molecule has 0 amide bonds. The molecule has 0 saturated carbocycles. The van der Waals surface area contributed by atoms with Gasteiger partial charge in [0.1, 0.15) is 5.76 Å². The Morgan fingerprint density at radius 3 is 2.72 bits per heavy atom. The number of aryl methyl sites for hydroxylation is 1. The minimum atomic E-state index is 0.639. The predicted octanol–water partition coefficient (Wildman–Crippen LogP) is 3.22. The molecule has 96 valence electrons. The number of nitrogens with one attached hydrogen (secondary N) is 1. The number of fused-ring (bicyclic) bond motifs is 1. The van der Waals surface area contributed by atoms with E-state index in [1.165, 1.54) is 18.4 Å². The van der Waals surface area contributed by atoms with Gasteiger partial charge in [0.2, 0.25) is 0 Å². The normalized spacial score (nSPS) is 17.2. The van der Waals surface area contributed by atoms with E-state index < -0.39 is 0 Å².